The van der Waals surface area contributed by atoms with E-state index in [1.165, 1.54) is 12.1 Å². The lowest BCUT2D eigenvalue weighted by atomic mass is 10.2. The summed E-state index contributed by atoms with van der Waals surface area (Å²) in [6, 6.07) is 7.02. The Kier molecular flexibility index (Phi) is 4.44. The number of nitrogens with two attached hydrogens (primary N) is 1. The van der Waals surface area contributed by atoms with Gasteiger partial charge >= 0.3 is 0 Å². The van der Waals surface area contributed by atoms with Crippen LogP contribution in [0.25, 0.3) is 0 Å². The minimum Gasteiger partial charge on any atom is -0.491 e. The number of nitrogens with one attached hydrogen (secondary N) is 1. The predicted molar refractivity (Wildman–Crippen MR) is 79.4 cm³/mol. The van der Waals surface area contributed by atoms with Crippen LogP contribution in [0.1, 0.15) is 6.92 Å². The van der Waals surface area contributed by atoms with E-state index in [1.54, 1.807) is 19.1 Å². The van der Waals surface area contributed by atoms with Crippen molar-refractivity contribution in [1.82, 2.24) is 0 Å². The van der Waals surface area contributed by atoms with Gasteiger partial charge in [-0.2, -0.15) is 0 Å². The fraction of sp³-hybridized carbons (Fsp3) is 0.143. The third-order valence-corrected chi connectivity index (χ3v) is 3.09. The van der Waals surface area contributed by atoms with E-state index < -0.39 is 11.6 Å². The minimum absolute atomic E-state index is 0.0691. The Morgan fingerprint density at radius 3 is 2.60 bits per heavy atom. The molecule has 0 bridgehead atoms. The highest BCUT2D eigenvalue weighted by molar-refractivity contribution is 9.10. The lowest BCUT2D eigenvalue weighted by Crippen LogP contribution is -2.02. The van der Waals surface area contributed by atoms with E-state index in [9.17, 15) is 8.78 Å². The van der Waals surface area contributed by atoms with Crippen molar-refractivity contribution in [2.24, 2.45) is 0 Å². The topological polar surface area (TPSA) is 47.3 Å². The van der Waals surface area contributed by atoms with Crippen molar-refractivity contribution in [3.8, 4) is 5.75 Å². The first-order valence-corrected chi connectivity index (χ1v) is 6.74. The molecule has 0 aliphatic carbocycles. The molecule has 3 nitrogen and oxygen atoms in total. The highest BCUT2D eigenvalue weighted by atomic mass is 79.9. The fourth-order valence-corrected chi connectivity index (χ4v) is 2.04. The molecular weight excluding hydrogens is 330 g/mol. The molecule has 0 radical (unpaired) electrons. The molecule has 3 N–H and O–H groups in total. The Morgan fingerprint density at radius 2 is 1.90 bits per heavy atom. The van der Waals surface area contributed by atoms with Gasteiger partial charge in [-0.3, -0.25) is 0 Å². The number of anilines is 3. The summed E-state index contributed by atoms with van der Waals surface area (Å²) >= 11 is 3.26. The summed E-state index contributed by atoms with van der Waals surface area (Å²) in [6.45, 7) is 2.07. The van der Waals surface area contributed by atoms with Gasteiger partial charge in [-0.05, 0) is 25.1 Å². The standard InChI is InChI=1S/C14H13BrF2N2O/c1-2-20-14-7-13(11(18)6-10(14)17)19-12-5-8(15)3-4-9(12)16/h3-7,19H,2,18H2,1H3. The molecule has 0 fully saturated rings. The van der Waals surface area contributed by atoms with Gasteiger partial charge in [0.05, 0.1) is 23.7 Å². The van der Waals surface area contributed by atoms with Crippen LogP contribution < -0.4 is 15.8 Å². The number of ether oxygens (including phenoxy) is 1. The number of nitrogen functional groups attached to an aromatic ring is 1. The lowest BCUT2D eigenvalue weighted by Gasteiger charge is -2.13. The zero-order chi connectivity index (χ0) is 14.7. The molecule has 2 aromatic rings. The second-order valence-corrected chi connectivity index (χ2v) is 4.97. The first kappa shape index (κ1) is 14.6. The molecule has 0 amide bonds. The van der Waals surface area contributed by atoms with Crippen molar-refractivity contribution in [3.05, 3.63) is 46.4 Å². The van der Waals surface area contributed by atoms with E-state index in [0.29, 0.717) is 16.8 Å². The van der Waals surface area contributed by atoms with E-state index in [4.69, 9.17) is 10.5 Å². The van der Waals surface area contributed by atoms with Crippen LogP contribution in [0.5, 0.6) is 5.75 Å². The van der Waals surface area contributed by atoms with Crippen LogP contribution >= 0.6 is 15.9 Å². The van der Waals surface area contributed by atoms with Gasteiger partial charge in [-0.25, -0.2) is 8.78 Å². The molecule has 0 saturated carbocycles. The van der Waals surface area contributed by atoms with E-state index in [1.807, 2.05) is 0 Å². The first-order valence-electron chi connectivity index (χ1n) is 5.95. The smallest absolute Gasteiger partial charge is 0.167 e. The molecular formula is C14H13BrF2N2O. The molecule has 106 valence electrons. The summed E-state index contributed by atoms with van der Waals surface area (Å²) in [6.07, 6.45) is 0. The summed E-state index contributed by atoms with van der Waals surface area (Å²) in [4.78, 5) is 0. The SMILES string of the molecule is CCOc1cc(Nc2cc(Br)ccc2F)c(N)cc1F. The van der Waals surface area contributed by atoms with Gasteiger partial charge in [0, 0.05) is 16.6 Å². The summed E-state index contributed by atoms with van der Waals surface area (Å²) in [5.41, 5.74) is 6.52. The second kappa shape index (κ2) is 6.09. The Hall–Kier alpha value is -1.82. The van der Waals surface area contributed by atoms with Crippen molar-refractivity contribution in [3.63, 3.8) is 0 Å². The molecule has 2 rings (SSSR count). The summed E-state index contributed by atoms with van der Waals surface area (Å²) in [5.74, 6) is -0.917. The van der Waals surface area contributed by atoms with Crippen LogP contribution in [0, 0.1) is 11.6 Å². The summed E-state index contributed by atoms with van der Waals surface area (Å²) in [5, 5.41) is 2.83. The summed E-state index contributed by atoms with van der Waals surface area (Å²) < 4.78 is 33.1. The number of hydrogen-bond acceptors (Lipinski definition) is 3. The monoisotopic (exact) mass is 342 g/mol. The Morgan fingerprint density at radius 1 is 1.15 bits per heavy atom. The molecule has 2 aromatic carbocycles. The quantitative estimate of drug-likeness (QED) is 0.807. The third-order valence-electron chi connectivity index (χ3n) is 2.60. The minimum atomic E-state index is -0.551. The van der Waals surface area contributed by atoms with Crippen molar-refractivity contribution in [1.29, 1.82) is 0 Å². The van der Waals surface area contributed by atoms with Crippen molar-refractivity contribution in [2.45, 2.75) is 6.92 Å². The zero-order valence-electron chi connectivity index (χ0n) is 10.7. The van der Waals surface area contributed by atoms with Crippen LogP contribution in [0.3, 0.4) is 0 Å². The van der Waals surface area contributed by atoms with E-state index in [2.05, 4.69) is 21.2 Å². The van der Waals surface area contributed by atoms with E-state index >= 15 is 0 Å². The fourth-order valence-electron chi connectivity index (χ4n) is 1.68. The maximum atomic E-state index is 13.7. The van der Waals surface area contributed by atoms with Gasteiger partial charge in [0.2, 0.25) is 0 Å². The van der Waals surface area contributed by atoms with Crippen LogP contribution in [-0.4, -0.2) is 6.61 Å². The maximum absolute atomic E-state index is 13.7. The number of hydrogen-bond donors (Lipinski definition) is 2. The lowest BCUT2D eigenvalue weighted by molar-refractivity contribution is 0.322. The van der Waals surface area contributed by atoms with Crippen LogP contribution in [-0.2, 0) is 0 Å². The van der Waals surface area contributed by atoms with Crippen LogP contribution in [0.2, 0.25) is 0 Å². The highest BCUT2D eigenvalue weighted by Crippen LogP contribution is 2.32. The molecule has 0 heterocycles. The molecule has 20 heavy (non-hydrogen) atoms. The number of halogens is 3. The normalized spacial score (nSPS) is 10.4. The summed E-state index contributed by atoms with van der Waals surface area (Å²) in [7, 11) is 0. The number of benzene rings is 2. The number of rotatable bonds is 4. The van der Waals surface area contributed by atoms with Crippen molar-refractivity contribution in [2.75, 3.05) is 17.7 Å². The predicted octanol–water partition coefficient (Wildman–Crippen LogP) is 4.45. The molecule has 6 heteroatoms. The first-order chi connectivity index (χ1) is 9.51. The van der Waals surface area contributed by atoms with Gasteiger partial charge < -0.3 is 15.8 Å². The molecule has 0 atom stereocenters. The maximum Gasteiger partial charge on any atom is 0.167 e. The van der Waals surface area contributed by atoms with Gasteiger partial charge in [0.15, 0.2) is 11.6 Å². The average molecular weight is 343 g/mol. The van der Waals surface area contributed by atoms with Crippen LogP contribution in [0.4, 0.5) is 25.8 Å². The van der Waals surface area contributed by atoms with Gasteiger partial charge in [-0.15, -0.1) is 0 Å². The van der Waals surface area contributed by atoms with Gasteiger partial charge in [-0.1, -0.05) is 15.9 Å². The molecule has 0 unspecified atom stereocenters. The van der Waals surface area contributed by atoms with Crippen LogP contribution in [0.15, 0.2) is 34.8 Å². The average Bonchev–Trinajstić information content (AvgIpc) is 2.39. The highest BCUT2D eigenvalue weighted by Gasteiger charge is 2.11. The molecule has 0 aromatic heterocycles. The van der Waals surface area contributed by atoms with Crippen molar-refractivity contribution < 1.29 is 13.5 Å². The Balaban J connectivity index is 2.37. The Bertz CT molecular complexity index is 635. The molecule has 0 aliphatic heterocycles. The van der Waals surface area contributed by atoms with Gasteiger partial charge in [0.25, 0.3) is 0 Å². The Labute approximate surface area is 123 Å². The molecule has 0 spiro atoms. The van der Waals surface area contributed by atoms with E-state index in [0.717, 1.165) is 6.07 Å². The van der Waals surface area contributed by atoms with Crippen molar-refractivity contribution >= 4 is 33.0 Å². The second-order valence-electron chi connectivity index (χ2n) is 4.05. The third kappa shape index (κ3) is 3.19. The molecule has 0 saturated heterocycles. The molecule has 0 aliphatic rings. The van der Waals surface area contributed by atoms with E-state index in [-0.39, 0.29) is 17.1 Å². The largest absolute Gasteiger partial charge is 0.491 e. The van der Waals surface area contributed by atoms with Gasteiger partial charge in [0.1, 0.15) is 5.82 Å². The zero-order valence-corrected chi connectivity index (χ0v) is 12.3.